The molecule has 10 heteroatoms. The van der Waals surface area contributed by atoms with Crippen molar-refractivity contribution in [1.29, 1.82) is 0 Å². The van der Waals surface area contributed by atoms with Gasteiger partial charge in [0, 0.05) is 18.4 Å². The largest absolute Gasteiger partial charge is 0.380 e. The van der Waals surface area contributed by atoms with E-state index < -0.39 is 10.0 Å². The maximum absolute atomic E-state index is 12.6. The SMILES string of the molecule is COCc1cccc(NC(=O)c2ccc(CN(c3cc(Cl)c(Cl)cc3Cl)S(C)(=O)=O)cc2)c1. The van der Waals surface area contributed by atoms with E-state index in [0.717, 1.165) is 16.1 Å². The van der Waals surface area contributed by atoms with Crippen molar-refractivity contribution in [2.45, 2.75) is 13.2 Å². The molecule has 0 aliphatic carbocycles. The zero-order valence-electron chi connectivity index (χ0n) is 17.8. The van der Waals surface area contributed by atoms with Crippen LogP contribution in [0.2, 0.25) is 15.1 Å². The molecule has 0 aliphatic heterocycles. The van der Waals surface area contributed by atoms with Gasteiger partial charge in [0.1, 0.15) is 0 Å². The fourth-order valence-corrected chi connectivity index (χ4v) is 4.71. The van der Waals surface area contributed by atoms with Gasteiger partial charge >= 0.3 is 0 Å². The number of amides is 1. The van der Waals surface area contributed by atoms with Gasteiger partial charge in [0.15, 0.2) is 0 Å². The number of carbonyl (C=O) groups excluding carboxylic acids is 1. The minimum atomic E-state index is -3.69. The van der Waals surface area contributed by atoms with Crippen molar-refractivity contribution in [3.05, 3.63) is 92.4 Å². The predicted octanol–water partition coefficient (Wildman–Crippen LogP) is 6.01. The third kappa shape index (κ3) is 6.62. The fraction of sp³-hybridized carbons (Fsp3) is 0.174. The number of anilines is 2. The Morgan fingerprint density at radius 3 is 2.24 bits per heavy atom. The number of halogens is 3. The van der Waals surface area contributed by atoms with Crippen molar-refractivity contribution >= 4 is 62.1 Å². The number of hydrogen-bond donors (Lipinski definition) is 1. The molecule has 0 bridgehead atoms. The summed E-state index contributed by atoms with van der Waals surface area (Å²) in [6.07, 6.45) is 1.07. The molecule has 6 nitrogen and oxygen atoms in total. The number of sulfonamides is 1. The second-order valence-electron chi connectivity index (χ2n) is 7.27. The Bertz CT molecular complexity index is 1270. The summed E-state index contributed by atoms with van der Waals surface area (Å²) >= 11 is 18.3. The highest BCUT2D eigenvalue weighted by atomic mass is 35.5. The summed E-state index contributed by atoms with van der Waals surface area (Å²) in [5, 5.41) is 3.41. The Morgan fingerprint density at radius 2 is 1.61 bits per heavy atom. The first kappa shape index (κ1) is 25.3. The monoisotopic (exact) mass is 526 g/mol. The van der Waals surface area contributed by atoms with Crippen molar-refractivity contribution in [2.24, 2.45) is 0 Å². The normalized spacial score (nSPS) is 11.3. The standard InChI is InChI=1S/C23H21Cl3N2O4S/c1-32-14-16-4-3-5-18(10-16)27-23(29)17-8-6-15(7-9-17)13-28(33(2,30)31)22-12-20(25)19(24)11-21(22)26/h3-12H,13-14H2,1-2H3,(H,27,29). The fourth-order valence-electron chi connectivity index (χ4n) is 3.12. The first-order valence-electron chi connectivity index (χ1n) is 9.69. The number of hydrogen-bond acceptors (Lipinski definition) is 4. The number of rotatable bonds is 8. The quantitative estimate of drug-likeness (QED) is 0.364. The Hall–Kier alpha value is -2.29. The molecule has 0 radical (unpaired) electrons. The van der Waals surface area contributed by atoms with Crippen molar-refractivity contribution in [3.63, 3.8) is 0 Å². The third-order valence-corrected chi connectivity index (χ3v) is 6.85. The summed E-state index contributed by atoms with van der Waals surface area (Å²) in [5.74, 6) is -0.288. The second-order valence-corrected chi connectivity index (χ2v) is 10.4. The van der Waals surface area contributed by atoms with E-state index in [1.165, 1.54) is 12.1 Å². The first-order chi connectivity index (χ1) is 15.6. The molecule has 0 saturated carbocycles. The smallest absolute Gasteiger partial charge is 0.255 e. The van der Waals surface area contributed by atoms with Crippen LogP contribution in [0.1, 0.15) is 21.5 Å². The van der Waals surface area contributed by atoms with Crippen LogP contribution < -0.4 is 9.62 Å². The van der Waals surface area contributed by atoms with Gasteiger partial charge < -0.3 is 10.1 Å². The number of ether oxygens (including phenoxy) is 1. The van der Waals surface area contributed by atoms with Gasteiger partial charge in [-0.15, -0.1) is 0 Å². The summed E-state index contributed by atoms with van der Waals surface area (Å²) in [4.78, 5) is 12.6. The number of nitrogens with one attached hydrogen (secondary N) is 1. The number of carbonyl (C=O) groups is 1. The minimum Gasteiger partial charge on any atom is -0.380 e. The molecule has 3 aromatic carbocycles. The molecule has 33 heavy (non-hydrogen) atoms. The van der Waals surface area contributed by atoms with Crippen LogP contribution in [0.15, 0.2) is 60.7 Å². The van der Waals surface area contributed by atoms with Gasteiger partial charge in [-0.3, -0.25) is 9.10 Å². The van der Waals surface area contributed by atoms with Crippen molar-refractivity contribution in [3.8, 4) is 0 Å². The maximum Gasteiger partial charge on any atom is 0.255 e. The topological polar surface area (TPSA) is 75.7 Å². The molecular formula is C23H21Cl3N2O4S. The van der Waals surface area contributed by atoms with Crippen LogP contribution in [0.3, 0.4) is 0 Å². The lowest BCUT2D eigenvalue weighted by molar-refractivity contribution is 0.102. The molecule has 0 heterocycles. The van der Waals surface area contributed by atoms with Crippen LogP contribution in [0.4, 0.5) is 11.4 Å². The third-order valence-electron chi connectivity index (χ3n) is 4.70. The highest BCUT2D eigenvalue weighted by Crippen LogP contribution is 2.36. The average Bonchev–Trinajstić information content (AvgIpc) is 2.75. The molecule has 0 aliphatic rings. The van der Waals surface area contributed by atoms with Gasteiger partial charge in [0.25, 0.3) is 5.91 Å². The van der Waals surface area contributed by atoms with Crippen molar-refractivity contribution in [2.75, 3.05) is 23.0 Å². The van der Waals surface area contributed by atoms with Gasteiger partial charge in [-0.25, -0.2) is 8.42 Å². The Morgan fingerprint density at radius 1 is 0.939 bits per heavy atom. The summed E-state index contributed by atoms with van der Waals surface area (Å²) in [7, 11) is -2.08. The number of nitrogens with zero attached hydrogens (tertiary/aromatic N) is 1. The van der Waals surface area contributed by atoms with E-state index in [-0.39, 0.29) is 33.2 Å². The van der Waals surface area contributed by atoms with Gasteiger partial charge in [0.05, 0.1) is 40.2 Å². The molecule has 0 aromatic heterocycles. The van der Waals surface area contributed by atoms with Crippen LogP contribution in [0.25, 0.3) is 0 Å². The summed E-state index contributed by atoms with van der Waals surface area (Å²) in [6, 6.07) is 16.8. The summed E-state index contributed by atoms with van der Waals surface area (Å²) in [5.41, 5.74) is 2.88. The lowest BCUT2D eigenvalue weighted by atomic mass is 10.1. The average molecular weight is 528 g/mol. The van der Waals surface area contributed by atoms with Gasteiger partial charge in [0.2, 0.25) is 10.0 Å². The van der Waals surface area contributed by atoms with E-state index in [1.54, 1.807) is 37.4 Å². The van der Waals surface area contributed by atoms with Crippen LogP contribution in [-0.2, 0) is 27.9 Å². The van der Waals surface area contributed by atoms with E-state index in [2.05, 4.69) is 5.32 Å². The van der Waals surface area contributed by atoms with Crippen LogP contribution in [0, 0.1) is 0 Å². The predicted molar refractivity (Wildman–Crippen MR) is 134 cm³/mol. The highest BCUT2D eigenvalue weighted by molar-refractivity contribution is 7.92. The van der Waals surface area contributed by atoms with E-state index in [1.807, 2.05) is 18.2 Å². The second kappa shape index (κ2) is 10.8. The van der Waals surface area contributed by atoms with E-state index in [4.69, 9.17) is 39.5 Å². The number of benzene rings is 3. The Kier molecular flexibility index (Phi) is 8.26. The van der Waals surface area contributed by atoms with Crippen molar-refractivity contribution in [1.82, 2.24) is 0 Å². The summed E-state index contributed by atoms with van der Waals surface area (Å²) < 4.78 is 31.2. The zero-order chi connectivity index (χ0) is 24.2. The van der Waals surface area contributed by atoms with Crippen LogP contribution in [0.5, 0.6) is 0 Å². The van der Waals surface area contributed by atoms with E-state index in [9.17, 15) is 13.2 Å². The van der Waals surface area contributed by atoms with Crippen molar-refractivity contribution < 1.29 is 17.9 Å². The Labute approximate surface area is 208 Å². The molecule has 0 spiro atoms. The van der Waals surface area contributed by atoms with Gasteiger partial charge in [-0.2, -0.15) is 0 Å². The van der Waals surface area contributed by atoms with Gasteiger partial charge in [-0.05, 0) is 47.5 Å². The van der Waals surface area contributed by atoms with E-state index >= 15 is 0 Å². The van der Waals surface area contributed by atoms with Gasteiger partial charge in [-0.1, -0.05) is 59.1 Å². The van der Waals surface area contributed by atoms with Crippen LogP contribution in [-0.4, -0.2) is 27.7 Å². The molecule has 0 unspecified atom stereocenters. The Balaban J connectivity index is 1.79. The molecule has 3 aromatic rings. The molecule has 1 amide bonds. The minimum absolute atomic E-state index is 0.00250. The zero-order valence-corrected chi connectivity index (χ0v) is 20.9. The molecule has 0 atom stereocenters. The highest BCUT2D eigenvalue weighted by Gasteiger charge is 2.22. The first-order valence-corrected chi connectivity index (χ1v) is 12.7. The molecule has 1 N–H and O–H groups in total. The van der Waals surface area contributed by atoms with Crippen LogP contribution >= 0.6 is 34.8 Å². The molecule has 0 fully saturated rings. The summed E-state index contributed by atoms with van der Waals surface area (Å²) in [6.45, 7) is 0.440. The lowest BCUT2D eigenvalue weighted by Crippen LogP contribution is -2.29. The number of methoxy groups -OCH3 is 1. The molecule has 3 rings (SSSR count). The molecular weight excluding hydrogens is 507 g/mol. The lowest BCUT2D eigenvalue weighted by Gasteiger charge is -2.24. The maximum atomic E-state index is 12.6. The molecule has 0 saturated heterocycles. The molecule has 174 valence electrons. The van der Waals surface area contributed by atoms with E-state index in [0.29, 0.717) is 23.4 Å².